The van der Waals surface area contributed by atoms with Gasteiger partial charge in [-0.25, -0.2) is 0 Å². The zero-order valence-electron chi connectivity index (χ0n) is 10.6. The molecular weight excluding hydrogens is 373 g/mol. The Labute approximate surface area is 132 Å². The second kappa shape index (κ2) is 7.12. The van der Waals surface area contributed by atoms with Gasteiger partial charge in [0.2, 0.25) is 0 Å². The van der Waals surface area contributed by atoms with E-state index in [4.69, 9.17) is 16.3 Å². The summed E-state index contributed by atoms with van der Waals surface area (Å²) in [5.41, 5.74) is 1.06. The summed E-state index contributed by atoms with van der Waals surface area (Å²) in [5.74, 6) is 1.53. The lowest BCUT2D eigenvalue weighted by atomic mass is 10.2. The number of ether oxygens (including phenoxy) is 1. The second-order valence-corrected chi connectivity index (χ2v) is 5.72. The predicted octanol–water partition coefficient (Wildman–Crippen LogP) is 4.85. The number of hydrogen-bond acceptors (Lipinski definition) is 2. The molecule has 1 N–H and O–H groups in total. The minimum atomic E-state index is 0.634. The van der Waals surface area contributed by atoms with E-state index in [1.165, 1.54) is 0 Å². The molecule has 0 aromatic heterocycles. The number of nitrogens with one attached hydrogen (secondary N) is 1. The van der Waals surface area contributed by atoms with Crippen LogP contribution in [0.4, 0.5) is 0 Å². The third kappa shape index (κ3) is 4.09. The molecule has 0 atom stereocenters. The molecule has 2 rings (SSSR count). The molecule has 0 fully saturated rings. The molecule has 100 valence electrons. The lowest BCUT2D eigenvalue weighted by Gasteiger charge is -2.13. The Kier molecular flexibility index (Phi) is 5.48. The van der Waals surface area contributed by atoms with E-state index >= 15 is 0 Å². The zero-order chi connectivity index (χ0) is 13.7. The molecule has 0 spiro atoms. The molecule has 2 aromatic rings. The molecule has 0 aliphatic rings. The van der Waals surface area contributed by atoms with E-state index in [1.807, 2.05) is 42.5 Å². The average Bonchev–Trinajstić information content (AvgIpc) is 2.39. The molecule has 0 aliphatic heterocycles. The van der Waals surface area contributed by atoms with Gasteiger partial charge in [0.15, 0.2) is 0 Å². The van der Waals surface area contributed by atoms with Crippen molar-refractivity contribution in [3.05, 3.63) is 56.6 Å². The summed E-state index contributed by atoms with van der Waals surface area (Å²) in [7, 11) is 0. The molecule has 2 aromatic carbocycles. The van der Waals surface area contributed by atoms with Crippen LogP contribution in [0.25, 0.3) is 0 Å². The Balaban J connectivity index is 2.27. The van der Waals surface area contributed by atoms with Crippen molar-refractivity contribution in [1.82, 2.24) is 5.32 Å². The lowest BCUT2D eigenvalue weighted by Crippen LogP contribution is -2.12. The number of halogens is 2. The zero-order valence-corrected chi connectivity index (χ0v) is 13.5. The Morgan fingerprint density at radius 2 is 2.00 bits per heavy atom. The van der Waals surface area contributed by atoms with Gasteiger partial charge in [0.1, 0.15) is 11.5 Å². The van der Waals surface area contributed by atoms with Gasteiger partial charge >= 0.3 is 0 Å². The number of para-hydroxylation sites is 1. The van der Waals surface area contributed by atoms with Crippen LogP contribution in [0, 0.1) is 3.57 Å². The second-order valence-electron chi connectivity index (χ2n) is 4.07. The standard InChI is InChI=1S/C15H15ClINO/c1-2-18-10-11-5-3-8-14(16)15(11)19-13-7-4-6-12(17)9-13/h3-9,18H,2,10H2,1H3. The molecule has 19 heavy (non-hydrogen) atoms. The van der Waals surface area contributed by atoms with Crippen molar-refractivity contribution in [3.63, 3.8) is 0 Å². The maximum absolute atomic E-state index is 6.24. The van der Waals surface area contributed by atoms with Gasteiger partial charge in [-0.3, -0.25) is 0 Å². The predicted molar refractivity (Wildman–Crippen MR) is 88.1 cm³/mol. The van der Waals surface area contributed by atoms with Gasteiger partial charge in [-0.15, -0.1) is 0 Å². The van der Waals surface area contributed by atoms with Crippen molar-refractivity contribution in [1.29, 1.82) is 0 Å². The molecule has 0 unspecified atom stereocenters. The third-order valence-electron chi connectivity index (χ3n) is 2.63. The molecule has 2 nitrogen and oxygen atoms in total. The van der Waals surface area contributed by atoms with Crippen molar-refractivity contribution < 1.29 is 4.74 Å². The molecule has 0 saturated carbocycles. The first-order valence-corrected chi connectivity index (χ1v) is 7.58. The van der Waals surface area contributed by atoms with E-state index in [0.29, 0.717) is 5.02 Å². The Morgan fingerprint density at radius 1 is 1.21 bits per heavy atom. The SMILES string of the molecule is CCNCc1cccc(Cl)c1Oc1cccc(I)c1. The van der Waals surface area contributed by atoms with Crippen LogP contribution in [0.2, 0.25) is 5.02 Å². The molecular formula is C15H15ClINO. The van der Waals surface area contributed by atoms with Gasteiger partial charge in [0.25, 0.3) is 0 Å². The minimum Gasteiger partial charge on any atom is -0.455 e. The van der Waals surface area contributed by atoms with Gasteiger partial charge in [-0.1, -0.05) is 36.7 Å². The highest BCUT2D eigenvalue weighted by Gasteiger charge is 2.09. The summed E-state index contributed by atoms with van der Waals surface area (Å²) in [5, 5.41) is 3.92. The molecule has 0 aliphatic carbocycles. The van der Waals surface area contributed by atoms with Crippen molar-refractivity contribution in [2.45, 2.75) is 13.5 Å². The normalized spacial score (nSPS) is 10.5. The molecule has 0 heterocycles. The summed E-state index contributed by atoms with van der Waals surface area (Å²) in [6.45, 7) is 3.73. The monoisotopic (exact) mass is 387 g/mol. The Hall–Kier alpha value is -0.780. The number of hydrogen-bond donors (Lipinski definition) is 1. The average molecular weight is 388 g/mol. The molecule has 0 radical (unpaired) electrons. The highest BCUT2D eigenvalue weighted by molar-refractivity contribution is 14.1. The van der Waals surface area contributed by atoms with Gasteiger partial charge in [0.05, 0.1) is 5.02 Å². The van der Waals surface area contributed by atoms with E-state index in [9.17, 15) is 0 Å². The first-order chi connectivity index (χ1) is 9.20. The smallest absolute Gasteiger partial charge is 0.150 e. The van der Waals surface area contributed by atoms with Crippen LogP contribution in [0.3, 0.4) is 0 Å². The fourth-order valence-corrected chi connectivity index (χ4v) is 2.46. The van der Waals surface area contributed by atoms with Crippen LogP contribution in [0.5, 0.6) is 11.5 Å². The fourth-order valence-electron chi connectivity index (χ4n) is 1.72. The summed E-state index contributed by atoms with van der Waals surface area (Å²) < 4.78 is 7.08. The fraction of sp³-hybridized carbons (Fsp3) is 0.200. The van der Waals surface area contributed by atoms with Crippen LogP contribution in [-0.2, 0) is 6.54 Å². The van der Waals surface area contributed by atoms with Crippen molar-refractivity contribution in [3.8, 4) is 11.5 Å². The topological polar surface area (TPSA) is 21.3 Å². The van der Waals surface area contributed by atoms with E-state index in [2.05, 4.69) is 34.8 Å². The summed E-state index contributed by atoms with van der Waals surface area (Å²) >= 11 is 8.51. The van der Waals surface area contributed by atoms with E-state index in [0.717, 1.165) is 33.7 Å². The summed E-state index contributed by atoms with van der Waals surface area (Å²) in [4.78, 5) is 0. The summed E-state index contributed by atoms with van der Waals surface area (Å²) in [6, 6.07) is 13.7. The summed E-state index contributed by atoms with van der Waals surface area (Å²) in [6.07, 6.45) is 0. The Bertz CT molecular complexity index is 560. The first-order valence-electron chi connectivity index (χ1n) is 6.12. The van der Waals surface area contributed by atoms with Gasteiger partial charge < -0.3 is 10.1 Å². The number of benzene rings is 2. The maximum Gasteiger partial charge on any atom is 0.150 e. The van der Waals surface area contributed by atoms with Crippen molar-refractivity contribution in [2.24, 2.45) is 0 Å². The van der Waals surface area contributed by atoms with Crippen LogP contribution >= 0.6 is 34.2 Å². The van der Waals surface area contributed by atoms with E-state index < -0.39 is 0 Å². The minimum absolute atomic E-state index is 0.634. The largest absolute Gasteiger partial charge is 0.455 e. The Morgan fingerprint density at radius 3 is 2.74 bits per heavy atom. The number of rotatable bonds is 5. The van der Waals surface area contributed by atoms with E-state index in [-0.39, 0.29) is 0 Å². The van der Waals surface area contributed by atoms with Gasteiger partial charge in [0, 0.05) is 15.7 Å². The highest BCUT2D eigenvalue weighted by Crippen LogP contribution is 2.33. The molecule has 4 heteroatoms. The third-order valence-corrected chi connectivity index (χ3v) is 3.60. The van der Waals surface area contributed by atoms with Crippen molar-refractivity contribution >= 4 is 34.2 Å². The molecule has 0 bridgehead atoms. The molecule has 0 saturated heterocycles. The van der Waals surface area contributed by atoms with Crippen LogP contribution in [-0.4, -0.2) is 6.54 Å². The van der Waals surface area contributed by atoms with Gasteiger partial charge in [-0.05, 0) is 53.4 Å². The highest BCUT2D eigenvalue weighted by atomic mass is 127. The first kappa shape index (κ1) is 14.6. The lowest BCUT2D eigenvalue weighted by molar-refractivity contribution is 0.473. The van der Waals surface area contributed by atoms with Crippen LogP contribution < -0.4 is 10.1 Å². The van der Waals surface area contributed by atoms with Gasteiger partial charge in [-0.2, -0.15) is 0 Å². The van der Waals surface area contributed by atoms with E-state index in [1.54, 1.807) is 0 Å². The quantitative estimate of drug-likeness (QED) is 0.741. The van der Waals surface area contributed by atoms with Crippen LogP contribution in [0.1, 0.15) is 12.5 Å². The van der Waals surface area contributed by atoms with Crippen LogP contribution in [0.15, 0.2) is 42.5 Å². The molecule has 0 amide bonds. The van der Waals surface area contributed by atoms with Crippen molar-refractivity contribution in [2.75, 3.05) is 6.54 Å². The maximum atomic E-state index is 6.24.